The third-order valence-corrected chi connectivity index (χ3v) is 5.72. The Morgan fingerprint density at radius 3 is 2.52 bits per heavy atom. The Labute approximate surface area is 125 Å². The second-order valence-electron chi connectivity index (χ2n) is 6.62. The van der Waals surface area contributed by atoms with Crippen LogP contribution in [-0.2, 0) is 4.79 Å². The zero-order valence-electron chi connectivity index (χ0n) is 12.3. The highest BCUT2D eigenvalue weighted by Crippen LogP contribution is 2.46. The summed E-state index contributed by atoms with van der Waals surface area (Å²) in [4.78, 5) is 17.0. The summed E-state index contributed by atoms with van der Waals surface area (Å²) in [7, 11) is 0. The fourth-order valence-electron chi connectivity index (χ4n) is 4.82. The number of nitrogens with zero attached hydrogens (tertiary/aromatic N) is 2. The Hall–Kier alpha value is -1.39. The largest absolute Gasteiger partial charge is 0.336 e. The SMILES string of the molecule is NCC(=O)N1C[C@H](c2ccccc2)[C@H]2[C@@H]1C1CCN2CC1. The molecule has 0 radical (unpaired) electrons. The topological polar surface area (TPSA) is 49.6 Å². The molecule has 5 rings (SSSR count). The van der Waals surface area contributed by atoms with Crippen molar-refractivity contribution in [3.63, 3.8) is 0 Å². The standard InChI is InChI=1S/C17H23N3O/c18-10-15(21)20-11-14(12-4-2-1-3-5-12)17-16(20)13-6-8-19(17)9-7-13/h1-5,13-14,16-17H,6-11,18H2/t14-,16+,17+/m1/s1. The number of likely N-dealkylation sites (tertiary alicyclic amines) is 1. The summed E-state index contributed by atoms with van der Waals surface area (Å²) in [6.07, 6.45) is 2.47. The van der Waals surface area contributed by atoms with Crippen molar-refractivity contribution in [1.29, 1.82) is 0 Å². The highest BCUT2D eigenvalue weighted by atomic mass is 16.2. The maximum absolute atomic E-state index is 12.3. The van der Waals surface area contributed by atoms with Crippen molar-refractivity contribution in [3.05, 3.63) is 35.9 Å². The van der Waals surface area contributed by atoms with E-state index < -0.39 is 0 Å². The molecule has 0 unspecified atom stereocenters. The van der Waals surface area contributed by atoms with Crippen molar-refractivity contribution in [2.45, 2.75) is 30.8 Å². The number of carbonyl (C=O) groups excluding carboxylic acids is 1. The molecule has 4 fully saturated rings. The molecule has 112 valence electrons. The predicted octanol–water partition coefficient (Wildman–Crippen LogP) is 1.03. The molecule has 0 spiro atoms. The van der Waals surface area contributed by atoms with Crippen molar-refractivity contribution in [1.82, 2.24) is 9.80 Å². The van der Waals surface area contributed by atoms with Crippen LogP contribution in [0.5, 0.6) is 0 Å². The van der Waals surface area contributed by atoms with Gasteiger partial charge in [0.05, 0.1) is 12.6 Å². The molecule has 4 saturated heterocycles. The Balaban J connectivity index is 1.71. The van der Waals surface area contributed by atoms with Gasteiger partial charge in [0.15, 0.2) is 0 Å². The van der Waals surface area contributed by atoms with Gasteiger partial charge in [-0.2, -0.15) is 0 Å². The molecule has 0 saturated carbocycles. The first-order valence-corrected chi connectivity index (χ1v) is 8.08. The van der Waals surface area contributed by atoms with Crippen LogP contribution >= 0.6 is 0 Å². The molecule has 0 aromatic heterocycles. The third kappa shape index (κ3) is 2.00. The van der Waals surface area contributed by atoms with Gasteiger partial charge < -0.3 is 10.6 Å². The zero-order chi connectivity index (χ0) is 14.4. The third-order valence-electron chi connectivity index (χ3n) is 5.72. The van der Waals surface area contributed by atoms with Crippen molar-refractivity contribution in [2.24, 2.45) is 11.7 Å². The van der Waals surface area contributed by atoms with Gasteiger partial charge in [0.25, 0.3) is 0 Å². The zero-order valence-corrected chi connectivity index (χ0v) is 12.3. The minimum absolute atomic E-state index is 0.122. The van der Waals surface area contributed by atoms with Crippen LogP contribution in [0.2, 0.25) is 0 Å². The number of fused-ring (bicyclic) bond motifs is 2. The van der Waals surface area contributed by atoms with E-state index in [2.05, 4.69) is 40.1 Å². The lowest BCUT2D eigenvalue weighted by Gasteiger charge is -2.51. The summed E-state index contributed by atoms with van der Waals surface area (Å²) in [5.74, 6) is 1.23. The normalized spacial score (nSPS) is 37.6. The van der Waals surface area contributed by atoms with E-state index >= 15 is 0 Å². The van der Waals surface area contributed by atoms with E-state index in [1.54, 1.807) is 0 Å². The molecule has 3 atom stereocenters. The Bertz CT molecular complexity index is 524. The maximum atomic E-state index is 12.3. The van der Waals surface area contributed by atoms with Gasteiger partial charge in [-0.3, -0.25) is 9.69 Å². The second-order valence-corrected chi connectivity index (χ2v) is 6.62. The molecule has 21 heavy (non-hydrogen) atoms. The summed E-state index contributed by atoms with van der Waals surface area (Å²) in [5, 5.41) is 0. The van der Waals surface area contributed by atoms with Gasteiger partial charge >= 0.3 is 0 Å². The minimum Gasteiger partial charge on any atom is -0.336 e. The fraction of sp³-hybridized carbons (Fsp3) is 0.588. The van der Waals surface area contributed by atoms with E-state index in [0.29, 0.717) is 23.9 Å². The first-order chi connectivity index (χ1) is 10.3. The molecule has 1 aromatic rings. The highest BCUT2D eigenvalue weighted by molar-refractivity contribution is 5.79. The summed E-state index contributed by atoms with van der Waals surface area (Å²) >= 11 is 0. The molecule has 4 heterocycles. The number of amides is 1. The number of hydrogen-bond acceptors (Lipinski definition) is 3. The van der Waals surface area contributed by atoms with Crippen LogP contribution in [0.15, 0.2) is 30.3 Å². The van der Waals surface area contributed by atoms with Crippen molar-refractivity contribution in [3.8, 4) is 0 Å². The number of nitrogens with two attached hydrogens (primary N) is 1. The summed E-state index contributed by atoms with van der Waals surface area (Å²) in [5.41, 5.74) is 7.02. The first kappa shape index (κ1) is 13.3. The molecular formula is C17H23N3O. The van der Waals surface area contributed by atoms with Crippen molar-refractivity contribution < 1.29 is 4.79 Å². The van der Waals surface area contributed by atoms with Gasteiger partial charge in [-0.05, 0) is 37.4 Å². The number of benzene rings is 1. The van der Waals surface area contributed by atoms with Gasteiger partial charge in [0.2, 0.25) is 5.91 Å². The Morgan fingerprint density at radius 2 is 1.86 bits per heavy atom. The molecule has 4 nitrogen and oxygen atoms in total. The number of piperidine rings is 3. The quantitative estimate of drug-likeness (QED) is 0.883. The van der Waals surface area contributed by atoms with Gasteiger partial charge in [-0.1, -0.05) is 30.3 Å². The second kappa shape index (κ2) is 5.11. The lowest BCUT2D eigenvalue weighted by atomic mass is 9.75. The Morgan fingerprint density at radius 1 is 1.14 bits per heavy atom. The van der Waals surface area contributed by atoms with E-state index in [1.165, 1.54) is 31.5 Å². The molecule has 2 bridgehead atoms. The van der Waals surface area contributed by atoms with Gasteiger partial charge in [-0.25, -0.2) is 0 Å². The average Bonchev–Trinajstić information content (AvgIpc) is 2.99. The van der Waals surface area contributed by atoms with Crippen LogP contribution in [0.25, 0.3) is 0 Å². The highest BCUT2D eigenvalue weighted by Gasteiger charge is 2.54. The first-order valence-electron chi connectivity index (χ1n) is 8.08. The van der Waals surface area contributed by atoms with Crippen LogP contribution in [0.4, 0.5) is 0 Å². The van der Waals surface area contributed by atoms with E-state index in [0.717, 1.165) is 6.54 Å². The lowest BCUT2D eigenvalue weighted by Crippen LogP contribution is -2.61. The van der Waals surface area contributed by atoms with E-state index in [1.807, 2.05) is 0 Å². The summed E-state index contributed by atoms with van der Waals surface area (Å²) in [6.45, 7) is 3.36. The van der Waals surface area contributed by atoms with Gasteiger partial charge in [-0.15, -0.1) is 0 Å². The van der Waals surface area contributed by atoms with E-state index in [4.69, 9.17) is 5.73 Å². The Kier molecular flexibility index (Phi) is 3.23. The van der Waals surface area contributed by atoms with Gasteiger partial charge in [0.1, 0.15) is 0 Å². The molecule has 0 aliphatic carbocycles. The smallest absolute Gasteiger partial charge is 0.236 e. The fourth-order valence-corrected chi connectivity index (χ4v) is 4.82. The molecule has 1 aromatic carbocycles. The van der Waals surface area contributed by atoms with Crippen LogP contribution in [-0.4, -0.2) is 54.0 Å². The van der Waals surface area contributed by atoms with Crippen molar-refractivity contribution in [2.75, 3.05) is 26.2 Å². The van der Waals surface area contributed by atoms with Gasteiger partial charge in [0, 0.05) is 18.5 Å². The minimum atomic E-state index is 0.122. The molecular weight excluding hydrogens is 262 g/mol. The molecule has 2 N–H and O–H groups in total. The molecule has 4 aliphatic rings. The maximum Gasteiger partial charge on any atom is 0.236 e. The molecule has 4 heteroatoms. The van der Waals surface area contributed by atoms with E-state index in [9.17, 15) is 4.79 Å². The molecule has 1 amide bonds. The summed E-state index contributed by atoms with van der Waals surface area (Å²) < 4.78 is 0. The van der Waals surface area contributed by atoms with Crippen LogP contribution in [0.3, 0.4) is 0 Å². The van der Waals surface area contributed by atoms with Crippen LogP contribution in [0, 0.1) is 5.92 Å². The monoisotopic (exact) mass is 285 g/mol. The number of hydrogen-bond donors (Lipinski definition) is 1. The van der Waals surface area contributed by atoms with E-state index in [-0.39, 0.29) is 12.5 Å². The summed E-state index contributed by atoms with van der Waals surface area (Å²) in [6, 6.07) is 11.6. The number of carbonyl (C=O) groups is 1. The van der Waals surface area contributed by atoms with Crippen LogP contribution < -0.4 is 5.73 Å². The van der Waals surface area contributed by atoms with Crippen molar-refractivity contribution >= 4 is 5.91 Å². The number of rotatable bonds is 2. The molecule has 4 aliphatic heterocycles. The van der Waals surface area contributed by atoms with Crippen LogP contribution in [0.1, 0.15) is 24.3 Å². The lowest BCUT2D eigenvalue weighted by molar-refractivity contribution is -0.134. The average molecular weight is 285 g/mol. The predicted molar refractivity (Wildman–Crippen MR) is 81.8 cm³/mol.